The minimum atomic E-state index is 0.793. The van der Waals surface area contributed by atoms with Crippen LogP contribution in [0.4, 0.5) is 0 Å². The number of H-pyrrole nitrogens is 1. The second-order valence-corrected chi connectivity index (χ2v) is 4.34. The van der Waals surface area contributed by atoms with Crippen molar-refractivity contribution in [3.8, 4) is 11.3 Å². The molecule has 0 fully saturated rings. The summed E-state index contributed by atoms with van der Waals surface area (Å²) in [7, 11) is 0. The molecule has 0 radical (unpaired) electrons. The number of aromatic nitrogens is 2. The zero-order chi connectivity index (χ0) is 12.3. The van der Waals surface area contributed by atoms with Crippen LogP contribution in [0.3, 0.4) is 0 Å². The van der Waals surface area contributed by atoms with Crippen molar-refractivity contribution < 1.29 is 0 Å². The molecule has 90 valence electrons. The molecule has 1 aromatic carbocycles. The van der Waals surface area contributed by atoms with Crippen molar-refractivity contribution in [2.24, 2.45) is 0 Å². The fourth-order valence-electron chi connectivity index (χ4n) is 1.86. The average molecular weight is 229 g/mol. The molecule has 0 amide bonds. The van der Waals surface area contributed by atoms with E-state index in [4.69, 9.17) is 0 Å². The minimum Gasteiger partial charge on any atom is -0.341 e. The van der Waals surface area contributed by atoms with Gasteiger partial charge in [0.15, 0.2) is 0 Å². The predicted octanol–water partition coefficient (Wildman–Crippen LogP) is 2.80. The van der Waals surface area contributed by atoms with E-state index < -0.39 is 0 Å². The highest BCUT2D eigenvalue weighted by Gasteiger charge is 2.05. The van der Waals surface area contributed by atoms with Crippen molar-refractivity contribution in [2.45, 2.75) is 27.3 Å². The smallest absolute Gasteiger partial charge is 0.120 e. The van der Waals surface area contributed by atoms with Gasteiger partial charge in [-0.2, -0.15) is 0 Å². The highest BCUT2D eigenvalue weighted by Crippen LogP contribution is 2.22. The summed E-state index contributed by atoms with van der Waals surface area (Å²) in [6.45, 7) is 8.08. The van der Waals surface area contributed by atoms with Gasteiger partial charge in [0, 0.05) is 5.56 Å². The SMILES string of the molecule is CCNCc1ncc(-c2cc(C)ccc2C)[nH]1. The Hall–Kier alpha value is -1.61. The number of imidazole rings is 1. The van der Waals surface area contributed by atoms with E-state index >= 15 is 0 Å². The number of benzene rings is 1. The number of hydrogen-bond acceptors (Lipinski definition) is 2. The molecular weight excluding hydrogens is 210 g/mol. The van der Waals surface area contributed by atoms with Crippen LogP contribution in [-0.2, 0) is 6.54 Å². The van der Waals surface area contributed by atoms with Crippen molar-refractivity contribution >= 4 is 0 Å². The first-order chi connectivity index (χ1) is 8.20. The van der Waals surface area contributed by atoms with Crippen molar-refractivity contribution in [1.29, 1.82) is 0 Å². The average Bonchev–Trinajstić information content (AvgIpc) is 2.78. The maximum Gasteiger partial charge on any atom is 0.120 e. The summed E-state index contributed by atoms with van der Waals surface area (Å²) in [6, 6.07) is 6.48. The van der Waals surface area contributed by atoms with Crippen LogP contribution in [0.15, 0.2) is 24.4 Å². The molecule has 3 nitrogen and oxygen atoms in total. The molecule has 0 saturated heterocycles. The molecule has 3 heteroatoms. The van der Waals surface area contributed by atoms with Gasteiger partial charge in [-0.05, 0) is 32.0 Å². The first-order valence-electron chi connectivity index (χ1n) is 6.03. The molecule has 0 spiro atoms. The zero-order valence-electron chi connectivity index (χ0n) is 10.7. The fourth-order valence-corrected chi connectivity index (χ4v) is 1.86. The Labute approximate surface area is 102 Å². The van der Waals surface area contributed by atoms with E-state index in [1.54, 1.807) is 0 Å². The van der Waals surface area contributed by atoms with Crippen LogP contribution < -0.4 is 5.32 Å². The lowest BCUT2D eigenvalue weighted by Gasteiger charge is -2.04. The Morgan fingerprint density at radius 2 is 2.12 bits per heavy atom. The number of nitrogens with zero attached hydrogens (tertiary/aromatic N) is 1. The van der Waals surface area contributed by atoms with E-state index in [-0.39, 0.29) is 0 Å². The largest absolute Gasteiger partial charge is 0.341 e. The van der Waals surface area contributed by atoms with Gasteiger partial charge >= 0.3 is 0 Å². The number of hydrogen-bond donors (Lipinski definition) is 2. The number of aromatic amines is 1. The van der Waals surface area contributed by atoms with Gasteiger partial charge in [0.1, 0.15) is 5.82 Å². The number of aryl methyl sites for hydroxylation is 2. The maximum absolute atomic E-state index is 4.38. The Balaban J connectivity index is 2.27. The molecule has 2 aromatic rings. The number of rotatable bonds is 4. The van der Waals surface area contributed by atoms with Gasteiger partial charge < -0.3 is 10.3 Å². The lowest BCUT2D eigenvalue weighted by atomic mass is 10.0. The molecule has 0 bridgehead atoms. The molecule has 2 N–H and O–H groups in total. The van der Waals surface area contributed by atoms with Gasteiger partial charge in [-0.25, -0.2) is 4.98 Å². The van der Waals surface area contributed by atoms with Crippen LogP contribution >= 0.6 is 0 Å². The lowest BCUT2D eigenvalue weighted by Crippen LogP contribution is -2.12. The predicted molar refractivity (Wildman–Crippen MR) is 70.9 cm³/mol. The van der Waals surface area contributed by atoms with Gasteiger partial charge in [0.05, 0.1) is 18.4 Å². The van der Waals surface area contributed by atoms with Gasteiger partial charge in [0.25, 0.3) is 0 Å². The van der Waals surface area contributed by atoms with E-state index in [2.05, 4.69) is 54.3 Å². The minimum absolute atomic E-state index is 0.793. The van der Waals surface area contributed by atoms with Crippen molar-refractivity contribution in [2.75, 3.05) is 6.54 Å². The first kappa shape index (κ1) is 11.9. The van der Waals surface area contributed by atoms with Gasteiger partial charge in [-0.3, -0.25) is 0 Å². The van der Waals surface area contributed by atoms with Crippen LogP contribution in [0.1, 0.15) is 23.9 Å². The van der Waals surface area contributed by atoms with E-state index in [9.17, 15) is 0 Å². The molecule has 0 aliphatic heterocycles. The maximum atomic E-state index is 4.38. The molecular formula is C14H19N3. The van der Waals surface area contributed by atoms with Crippen molar-refractivity contribution in [3.63, 3.8) is 0 Å². The Morgan fingerprint density at radius 1 is 1.29 bits per heavy atom. The normalized spacial score (nSPS) is 10.8. The lowest BCUT2D eigenvalue weighted by molar-refractivity contribution is 0.698. The van der Waals surface area contributed by atoms with Gasteiger partial charge in [-0.15, -0.1) is 0 Å². The van der Waals surface area contributed by atoms with Crippen LogP contribution in [0.25, 0.3) is 11.3 Å². The zero-order valence-corrected chi connectivity index (χ0v) is 10.7. The Morgan fingerprint density at radius 3 is 2.88 bits per heavy atom. The third kappa shape index (κ3) is 2.74. The summed E-state index contributed by atoms with van der Waals surface area (Å²) in [5.41, 5.74) is 4.88. The molecule has 0 aliphatic carbocycles. The second kappa shape index (κ2) is 5.15. The van der Waals surface area contributed by atoms with E-state index in [1.165, 1.54) is 16.7 Å². The molecule has 1 heterocycles. The highest BCUT2D eigenvalue weighted by molar-refractivity contribution is 5.63. The summed E-state index contributed by atoms with van der Waals surface area (Å²) in [5, 5.41) is 3.26. The van der Waals surface area contributed by atoms with Crippen LogP contribution in [0.2, 0.25) is 0 Å². The Kier molecular flexibility index (Phi) is 3.59. The van der Waals surface area contributed by atoms with E-state index in [0.29, 0.717) is 0 Å². The summed E-state index contributed by atoms with van der Waals surface area (Å²) < 4.78 is 0. The molecule has 1 aromatic heterocycles. The van der Waals surface area contributed by atoms with Crippen molar-refractivity contribution in [3.05, 3.63) is 41.3 Å². The molecule has 0 atom stereocenters. The van der Waals surface area contributed by atoms with Crippen molar-refractivity contribution in [1.82, 2.24) is 15.3 Å². The molecule has 2 rings (SSSR count). The Bertz CT molecular complexity index is 500. The second-order valence-electron chi connectivity index (χ2n) is 4.34. The van der Waals surface area contributed by atoms with E-state index in [0.717, 1.165) is 24.6 Å². The summed E-state index contributed by atoms with van der Waals surface area (Å²) in [5.74, 6) is 0.989. The molecule has 0 unspecified atom stereocenters. The quantitative estimate of drug-likeness (QED) is 0.846. The summed E-state index contributed by atoms with van der Waals surface area (Å²) in [6.07, 6.45) is 1.91. The summed E-state index contributed by atoms with van der Waals surface area (Å²) >= 11 is 0. The number of nitrogens with one attached hydrogen (secondary N) is 2. The first-order valence-corrected chi connectivity index (χ1v) is 6.03. The molecule has 0 saturated carbocycles. The standard InChI is InChI=1S/C14H19N3/c1-4-15-9-14-16-8-13(17-14)12-7-10(2)5-6-11(12)3/h5-8,15H,4,9H2,1-3H3,(H,16,17). The molecule has 0 aliphatic rings. The van der Waals surface area contributed by atoms with Crippen LogP contribution in [-0.4, -0.2) is 16.5 Å². The van der Waals surface area contributed by atoms with Crippen LogP contribution in [0.5, 0.6) is 0 Å². The third-order valence-corrected chi connectivity index (χ3v) is 2.85. The van der Waals surface area contributed by atoms with E-state index in [1.807, 2.05) is 6.20 Å². The van der Waals surface area contributed by atoms with Gasteiger partial charge in [-0.1, -0.05) is 24.6 Å². The highest BCUT2D eigenvalue weighted by atomic mass is 15.0. The van der Waals surface area contributed by atoms with Crippen LogP contribution in [0, 0.1) is 13.8 Å². The fraction of sp³-hybridized carbons (Fsp3) is 0.357. The topological polar surface area (TPSA) is 40.7 Å². The van der Waals surface area contributed by atoms with Gasteiger partial charge in [0.2, 0.25) is 0 Å². The summed E-state index contributed by atoms with van der Waals surface area (Å²) in [4.78, 5) is 7.74. The third-order valence-electron chi connectivity index (χ3n) is 2.85. The molecule has 17 heavy (non-hydrogen) atoms. The monoisotopic (exact) mass is 229 g/mol.